The Bertz CT molecular complexity index is 873. The molecule has 0 amide bonds. The summed E-state index contributed by atoms with van der Waals surface area (Å²) < 4.78 is 0. The molecule has 0 aliphatic heterocycles. The van der Waals surface area contributed by atoms with Gasteiger partial charge in [-0.25, -0.2) is 0 Å². The molecule has 3 aromatic carbocycles. The average Bonchev–Trinajstić information content (AvgIpc) is 3.23. The number of rotatable bonds is 5. The monoisotopic (exact) mass is 395 g/mol. The Labute approximate surface area is 163 Å². The maximum atomic E-state index is 7.97. The van der Waals surface area contributed by atoms with Crippen molar-refractivity contribution in [3.63, 3.8) is 0 Å². The third kappa shape index (κ3) is 2.79. The van der Waals surface area contributed by atoms with E-state index in [2.05, 4.69) is 77.8 Å². The van der Waals surface area contributed by atoms with Crippen LogP contribution in [-0.4, -0.2) is 4.98 Å². The molecule has 0 bridgehead atoms. The van der Waals surface area contributed by atoms with Gasteiger partial charge in [0.15, 0.2) is 0 Å². The molecule has 0 N–H and O–H groups in total. The minimum atomic E-state index is -3.20. The van der Waals surface area contributed by atoms with Gasteiger partial charge in [-0.2, -0.15) is 0 Å². The molecule has 0 aliphatic rings. The van der Waals surface area contributed by atoms with E-state index in [0.29, 0.717) is 0 Å². The summed E-state index contributed by atoms with van der Waals surface area (Å²) in [6, 6.07) is 31.7. The summed E-state index contributed by atoms with van der Waals surface area (Å²) in [5.74, 6) is -3.20. The van der Waals surface area contributed by atoms with Gasteiger partial charge in [-0.1, -0.05) is 0 Å². The van der Waals surface area contributed by atoms with Crippen molar-refractivity contribution in [3.05, 3.63) is 108 Å². The van der Waals surface area contributed by atoms with Crippen LogP contribution in [0.1, 0.15) is 4.88 Å². The Kier molecular flexibility index (Phi) is 4.67. The molecule has 1 heterocycles. The molecule has 0 spiro atoms. The van der Waals surface area contributed by atoms with Crippen LogP contribution in [0.2, 0.25) is 0 Å². The van der Waals surface area contributed by atoms with Crippen molar-refractivity contribution >= 4 is 44.4 Å². The molecule has 26 heavy (non-hydrogen) atoms. The number of thiazole rings is 1. The Morgan fingerprint density at radius 2 is 1.12 bits per heavy atom. The average molecular weight is 396 g/mol. The van der Waals surface area contributed by atoms with Crippen LogP contribution in [-0.2, 0) is 6.16 Å². The Balaban J connectivity index is 2.10. The molecule has 0 radical (unpaired) electrons. The van der Waals surface area contributed by atoms with E-state index >= 15 is 0 Å². The number of nitrogens with zero attached hydrogens (tertiary/aromatic N) is 1. The number of hydrogen-bond acceptors (Lipinski definition) is 2. The molecule has 0 atom stereocenters. The topological polar surface area (TPSA) is 12.9 Å². The van der Waals surface area contributed by atoms with Crippen molar-refractivity contribution in [2.45, 2.75) is 6.16 Å². The summed E-state index contributed by atoms with van der Waals surface area (Å²) >= 11 is 9.64. The van der Waals surface area contributed by atoms with E-state index in [1.54, 1.807) is 11.3 Å². The van der Waals surface area contributed by atoms with Crippen molar-refractivity contribution in [3.8, 4) is 0 Å². The molecule has 1 nitrogen and oxygen atoms in total. The van der Waals surface area contributed by atoms with Crippen molar-refractivity contribution in [1.29, 1.82) is 0 Å². The molecular weight excluding hydrogens is 377 g/mol. The van der Waals surface area contributed by atoms with Crippen molar-refractivity contribution in [1.82, 2.24) is 4.98 Å². The maximum absolute atomic E-state index is 7.97. The second-order valence-corrected chi connectivity index (χ2v) is 13.8. The van der Waals surface area contributed by atoms with E-state index in [1.165, 1.54) is 20.8 Å². The van der Waals surface area contributed by atoms with Gasteiger partial charge in [0.2, 0.25) is 0 Å². The second-order valence-electron chi connectivity index (χ2n) is 6.32. The van der Waals surface area contributed by atoms with Crippen LogP contribution in [0.3, 0.4) is 0 Å². The van der Waals surface area contributed by atoms with Crippen LogP contribution in [0.15, 0.2) is 103 Å². The molecule has 0 saturated carbocycles. The predicted octanol–water partition coefficient (Wildman–Crippen LogP) is 5.33. The molecule has 0 saturated heterocycles. The molecule has 0 fully saturated rings. The second kappa shape index (κ2) is 6.96. The normalized spacial score (nSPS) is 13.0. The molecule has 4 aromatic rings. The zero-order valence-corrected chi connectivity index (χ0v) is 16.7. The van der Waals surface area contributed by atoms with Crippen molar-refractivity contribution < 1.29 is 0 Å². The SMILES string of the molecule is ClP(Cc1cncs1)(c1ccccc1)(c1ccccc1)c1ccccc1. The first-order valence-corrected chi connectivity index (χ1v) is 12.7. The van der Waals surface area contributed by atoms with Crippen LogP contribution in [0.25, 0.3) is 0 Å². The summed E-state index contributed by atoms with van der Waals surface area (Å²) in [5, 5.41) is 3.56. The van der Waals surface area contributed by atoms with E-state index in [-0.39, 0.29) is 0 Å². The third-order valence-corrected chi connectivity index (χ3v) is 13.0. The number of aromatic nitrogens is 1. The number of benzene rings is 3. The summed E-state index contributed by atoms with van der Waals surface area (Å²) in [5.41, 5.74) is 1.88. The summed E-state index contributed by atoms with van der Waals surface area (Å²) in [6.07, 6.45) is 2.71. The molecule has 0 unspecified atom stereocenters. The minimum absolute atomic E-state index is 0.760. The van der Waals surface area contributed by atoms with Crippen LogP contribution < -0.4 is 15.9 Å². The first kappa shape index (κ1) is 17.4. The summed E-state index contributed by atoms with van der Waals surface area (Å²) in [4.78, 5) is 5.50. The predicted molar refractivity (Wildman–Crippen MR) is 117 cm³/mol. The van der Waals surface area contributed by atoms with Crippen LogP contribution in [0, 0.1) is 0 Å². The number of halogens is 1. The first-order valence-electron chi connectivity index (χ1n) is 8.49. The molecule has 130 valence electrons. The zero-order chi connectivity index (χ0) is 17.9. The Morgan fingerprint density at radius 3 is 1.46 bits per heavy atom. The van der Waals surface area contributed by atoms with Gasteiger partial charge in [0.05, 0.1) is 0 Å². The first-order chi connectivity index (χ1) is 12.7. The molecular formula is C22H19ClNPS. The van der Waals surface area contributed by atoms with Gasteiger partial charge < -0.3 is 0 Å². The van der Waals surface area contributed by atoms with Gasteiger partial charge in [0.1, 0.15) is 0 Å². The standard InChI is InChI=1S/C22H19ClNPS/c23-25(17-22-16-24-18-26-22,19-10-4-1-5-11-19,20-12-6-2-7-13-20)21-14-8-3-9-15-21/h1-16,18H,17H2. The van der Waals surface area contributed by atoms with Crippen LogP contribution >= 0.6 is 28.5 Å². The third-order valence-electron chi connectivity index (χ3n) is 4.82. The fraction of sp³-hybridized carbons (Fsp3) is 0.0455. The van der Waals surface area contributed by atoms with Crippen LogP contribution in [0.5, 0.6) is 0 Å². The molecule has 1 aromatic heterocycles. The van der Waals surface area contributed by atoms with Gasteiger partial charge >= 0.3 is 163 Å². The number of hydrogen-bond donors (Lipinski definition) is 0. The van der Waals surface area contributed by atoms with E-state index in [1.807, 2.05) is 29.9 Å². The van der Waals surface area contributed by atoms with Gasteiger partial charge in [-0.05, 0) is 0 Å². The Morgan fingerprint density at radius 1 is 0.692 bits per heavy atom. The fourth-order valence-electron chi connectivity index (χ4n) is 3.55. The molecule has 0 aliphatic carbocycles. The van der Waals surface area contributed by atoms with E-state index in [4.69, 9.17) is 11.2 Å². The van der Waals surface area contributed by atoms with Gasteiger partial charge in [-0.15, -0.1) is 0 Å². The van der Waals surface area contributed by atoms with E-state index in [9.17, 15) is 0 Å². The van der Waals surface area contributed by atoms with Gasteiger partial charge in [0, 0.05) is 0 Å². The molecule has 4 rings (SSSR count). The van der Waals surface area contributed by atoms with Crippen molar-refractivity contribution in [2.75, 3.05) is 0 Å². The zero-order valence-electron chi connectivity index (χ0n) is 14.2. The quantitative estimate of drug-likeness (QED) is 0.416. The fourth-order valence-corrected chi connectivity index (χ4v) is 11.1. The Hall–Kier alpha value is -1.99. The summed E-state index contributed by atoms with van der Waals surface area (Å²) in [6.45, 7) is 0. The summed E-state index contributed by atoms with van der Waals surface area (Å²) in [7, 11) is 0. The van der Waals surface area contributed by atoms with Gasteiger partial charge in [-0.3, -0.25) is 0 Å². The van der Waals surface area contributed by atoms with E-state index < -0.39 is 5.96 Å². The van der Waals surface area contributed by atoms with Crippen LogP contribution in [0.4, 0.5) is 0 Å². The van der Waals surface area contributed by atoms with E-state index in [0.717, 1.165) is 6.16 Å². The molecule has 4 heteroatoms. The van der Waals surface area contributed by atoms with Gasteiger partial charge in [0.25, 0.3) is 0 Å². The van der Waals surface area contributed by atoms with Crippen molar-refractivity contribution in [2.24, 2.45) is 0 Å².